The molecule has 2 aromatic carbocycles. The van der Waals surface area contributed by atoms with Gasteiger partial charge in [0.1, 0.15) is 11.6 Å². The first-order chi connectivity index (χ1) is 9.97. The van der Waals surface area contributed by atoms with Gasteiger partial charge in [0.25, 0.3) is 0 Å². The summed E-state index contributed by atoms with van der Waals surface area (Å²) in [6, 6.07) is 7.08. The summed E-state index contributed by atoms with van der Waals surface area (Å²) >= 11 is 0. The van der Waals surface area contributed by atoms with Gasteiger partial charge in [-0.3, -0.25) is 0 Å². The standard InChI is InChI=1S/C15H8F2O4/c16-8-2-4-12(17)10(6-8)7-1-3-9-11(5-7)15(20)21-13(9)14(18)19/h1-6,13H,(H,18,19). The Labute approximate surface area is 117 Å². The number of carboxylic acid groups (broad SMARTS) is 1. The number of rotatable bonds is 2. The van der Waals surface area contributed by atoms with Crippen LogP contribution in [-0.2, 0) is 9.53 Å². The monoisotopic (exact) mass is 290 g/mol. The van der Waals surface area contributed by atoms with Gasteiger partial charge in [-0.05, 0) is 29.8 Å². The Morgan fingerprint density at radius 2 is 1.86 bits per heavy atom. The highest BCUT2D eigenvalue weighted by Gasteiger charge is 2.36. The van der Waals surface area contributed by atoms with E-state index in [-0.39, 0.29) is 22.3 Å². The molecule has 106 valence electrons. The second kappa shape index (κ2) is 4.66. The molecule has 6 heteroatoms. The Hall–Kier alpha value is -2.76. The fourth-order valence-corrected chi connectivity index (χ4v) is 2.27. The lowest BCUT2D eigenvalue weighted by atomic mass is 9.97. The summed E-state index contributed by atoms with van der Waals surface area (Å²) in [5, 5.41) is 8.96. The van der Waals surface area contributed by atoms with Crippen molar-refractivity contribution >= 4 is 11.9 Å². The maximum Gasteiger partial charge on any atom is 0.349 e. The molecule has 1 unspecified atom stereocenters. The summed E-state index contributed by atoms with van der Waals surface area (Å²) < 4.78 is 31.7. The molecule has 2 aromatic rings. The number of ether oxygens (including phenoxy) is 1. The summed E-state index contributed by atoms with van der Waals surface area (Å²) in [5.41, 5.74) is 0.509. The van der Waals surface area contributed by atoms with Gasteiger partial charge in [0, 0.05) is 11.1 Å². The van der Waals surface area contributed by atoms with Crippen LogP contribution < -0.4 is 0 Å². The molecule has 1 aliphatic heterocycles. The highest BCUT2D eigenvalue weighted by atomic mass is 19.1. The van der Waals surface area contributed by atoms with E-state index in [4.69, 9.17) is 9.84 Å². The Kier molecular flexibility index (Phi) is 2.94. The molecule has 0 saturated carbocycles. The number of hydrogen-bond donors (Lipinski definition) is 1. The van der Waals surface area contributed by atoms with E-state index in [1.165, 1.54) is 18.2 Å². The van der Waals surface area contributed by atoms with E-state index in [0.717, 1.165) is 18.2 Å². The zero-order chi connectivity index (χ0) is 15.1. The largest absolute Gasteiger partial charge is 0.478 e. The molecule has 1 heterocycles. The molecule has 0 spiro atoms. The van der Waals surface area contributed by atoms with Crippen LogP contribution in [0.1, 0.15) is 22.0 Å². The SMILES string of the molecule is O=C1OC(C(=O)O)c2ccc(-c3cc(F)ccc3F)cc21. The van der Waals surface area contributed by atoms with Crippen molar-refractivity contribution in [3.63, 3.8) is 0 Å². The molecular weight excluding hydrogens is 282 g/mol. The normalized spacial score (nSPS) is 16.5. The Morgan fingerprint density at radius 3 is 2.57 bits per heavy atom. The van der Waals surface area contributed by atoms with E-state index >= 15 is 0 Å². The van der Waals surface area contributed by atoms with Crippen molar-refractivity contribution < 1.29 is 28.2 Å². The van der Waals surface area contributed by atoms with Crippen LogP contribution in [0.3, 0.4) is 0 Å². The zero-order valence-corrected chi connectivity index (χ0v) is 10.5. The lowest BCUT2D eigenvalue weighted by molar-refractivity contribution is -0.146. The van der Waals surface area contributed by atoms with Crippen molar-refractivity contribution in [1.29, 1.82) is 0 Å². The summed E-state index contributed by atoms with van der Waals surface area (Å²) in [7, 11) is 0. The van der Waals surface area contributed by atoms with Crippen LogP contribution in [0.25, 0.3) is 11.1 Å². The summed E-state index contributed by atoms with van der Waals surface area (Å²) in [6.07, 6.45) is -1.36. The number of carboxylic acids is 1. The molecule has 0 saturated heterocycles. The van der Waals surface area contributed by atoms with Crippen molar-refractivity contribution in [3.05, 3.63) is 59.2 Å². The van der Waals surface area contributed by atoms with E-state index < -0.39 is 29.7 Å². The number of carbonyl (C=O) groups is 2. The molecule has 0 bridgehead atoms. The van der Waals surface area contributed by atoms with Crippen molar-refractivity contribution in [3.8, 4) is 11.1 Å². The number of carbonyl (C=O) groups excluding carboxylic acids is 1. The number of esters is 1. The molecule has 0 fully saturated rings. The van der Waals surface area contributed by atoms with Crippen molar-refractivity contribution in [2.45, 2.75) is 6.10 Å². The summed E-state index contributed by atoms with van der Waals surface area (Å²) in [5.74, 6) is -3.33. The summed E-state index contributed by atoms with van der Waals surface area (Å²) in [4.78, 5) is 22.6. The van der Waals surface area contributed by atoms with Crippen molar-refractivity contribution in [2.24, 2.45) is 0 Å². The van der Waals surface area contributed by atoms with Crippen LogP contribution in [0.15, 0.2) is 36.4 Å². The van der Waals surface area contributed by atoms with Crippen LogP contribution in [0, 0.1) is 11.6 Å². The van der Waals surface area contributed by atoms with Gasteiger partial charge >= 0.3 is 11.9 Å². The molecule has 4 nitrogen and oxygen atoms in total. The van der Waals surface area contributed by atoms with E-state index in [1.807, 2.05) is 0 Å². The van der Waals surface area contributed by atoms with Crippen LogP contribution in [-0.4, -0.2) is 17.0 Å². The van der Waals surface area contributed by atoms with Crippen molar-refractivity contribution in [1.82, 2.24) is 0 Å². The Morgan fingerprint density at radius 1 is 1.10 bits per heavy atom. The van der Waals surface area contributed by atoms with E-state index in [2.05, 4.69) is 0 Å². The minimum Gasteiger partial charge on any atom is -0.478 e. The first kappa shape index (κ1) is 13.2. The average molecular weight is 290 g/mol. The fraction of sp³-hybridized carbons (Fsp3) is 0.0667. The maximum absolute atomic E-state index is 13.7. The Balaban J connectivity index is 2.13. The number of halogens is 2. The maximum atomic E-state index is 13.7. The first-order valence-corrected chi connectivity index (χ1v) is 6.00. The van der Waals surface area contributed by atoms with Crippen LogP contribution in [0.4, 0.5) is 8.78 Å². The van der Waals surface area contributed by atoms with Gasteiger partial charge in [-0.2, -0.15) is 0 Å². The smallest absolute Gasteiger partial charge is 0.349 e. The topological polar surface area (TPSA) is 63.6 Å². The number of cyclic esters (lactones) is 1. The highest BCUT2D eigenvalue weighted by Crippen LogP contribution is 2.34. The van der Waals surface area contributed by atoms with Gasteiger partial charge in [-0.1, -0.05) is 12.1 Å². The number of fused-ring (bicyclic) bond motifs is 1. The number of benzene rings is 2. The van der Waals surface area contributed by atoms with E-state index in [9.17, 15) is 18.4 Å². The Bertz CT molecular complexity index is 770. The lowest BCUT2D eigenvalue weighted by Gasteiger charge is -2.06. The van der Waals surface area contributed by atoms with E-state index in [1.54, 1.807) is 0 Å². The number of aliphatic carboxylic acids is 1. The molecule has 21 heavy (non-hydrogen) atoms. The third-order valence-electron chi connectivity index (χ3n) is 3.24. The van der Waals surface area contributed by atoms with Crippen LogP contribution in [0.2, 0.25) is 0 Å². The van der Waals surface area contributed by atoms with Gasteiger partial charge in [-0.15, -0.1) is 0 Å². The van der Waals surface area contributed by atoms with Crippen molar-refractivity contribution in [2.75, 3.05) is 0 Å². The molecule has 0 radical (unpaired) electrons. The molecule has 3 rings (SSSR count). The zero-order valence-electron chi connectivity index (χ0n) is 10.5. The minimum absolute atomic E-state index is 0.00984. The van der Waals surface area contributed by atoms with E-state index in [0.29, 0.717) is 0 Å². The average Bonchev–Trinajstić information content (AvgIpc) is 2.79. The highest BCUT2D eigenvalue weighted by molar-refractivity contribution is 5.99. The van der Waals surface area contributed by atoms with Gasteiger partial charge in [0.15, 0.2) is 0 Å². The molecule has 0 amide bonds. The predicted molar refractivity (Wildman–Crippen MR) is 67.6 cm³/mol. The van der Waals surface area contributed by atoms with Crippen LogP contribution in [0.5, 0.6) is 0 Å². The second-order valence-corrected chi connectivity index (χ2v) is 4.55. The van der Waals surface area contributed by atoms with Gasteiger partial charge in [0.2, 0.25) is 6.10 Å². The quantitative estimate of drug-likeness (QED) is 0.864. The van der Waals surface area contributed by atoms with Gasteiger partial charge in [0.05, 0.1) is 5.56 Å². The second-order valence-electron chi connectivity index (χ2n) is 4.55. The predicted octanol–water partition coefficient (Wildman–Crippen LogP) is 2.93. The molecule has 1 atom stereocenters. The molecule has 1 aliphatic rings. The van der Waals surface area contributed by atoms with Crippen LogP contribution >= 0.6 is 0 Å². The fourth-order valence-electron chi connectivity index (χ4n) is 2.27. The molecule has 0 aromatic heterocycles. The third kappa shape index (κ3) is 2.14. The lowest BCUT2D eigenvalue weighted by Crippen LogP contribution is -2.10. The molecule has 1 N–H and O–H groups in total. The van der Waals surface area contributed by atoms with Gasteiger partial charge < -0.3 is 9.84 Å². The van der Waals surface area contributed by atoms with Gasteiger partial charge in [-0.25, -0.2) is 18.4 Å². The summed E-state index contributed by atoms with van der Waals surface area (Å²) in [6.45, 7) is 0. The minimum atomic E-state index is -1.36. The number of hydrogen-bond acceptors (Lipinski definition) is 3. The first-order valence-electron chi connectivity index (χ1n) is 6.00. The molecular formula is C15H8F2O4. The third-order valence-corrected chi connectivity index (χ3v) is 3.24. The molecule has 0 aliphatic carbocycles.